The molecule has 3 rings (SSSR count). The molecule has 1 aromatic heterocycles. The van der Waals surface area contributed by atoms with Gasteiger partial charge in [-0.25, -0.2) is 4.98 Å². The highest BCUT2D eigenvalue weighted by atomic mass is 35.5. The van der Waals surface area contributed by atoms with E-state index in [4.69, 9.17) is 32.9 Å². The van der Waals surface area contributed by atoms with Gasteiger partial charge in [-0.05, 0) is 43.5 Å². The molecule has 4 nitrogen and oxygen atoms in total. The number of methoxy groups -OCH3 is 1. The van der Waals surface area contributed by atoms with Gasteiger partial charge in [0.15, 0.2) is 0 Å². The highest BCUT2D eigenvalue weighted by Gasteiger charge is 2.18. The number of nitrogens with zero attached hydrogens (tertiary/aromatic N) is 2. The smallest absolute Gasteiger partial charge is 0.208 e. The van der Waals surface area contributed by atoms with Gasteiger partial charge in [0, 0.05) is 23.7 Å². The molecular weight excluding hydrogens is 381 g/mol. The summed E-state index contributed by atoms with van der Waals surface area (Å²) in [6.45, 7) is 6.18. The molecule has 1 N–H and O–H groups in total. The van der Waals surface area contributed by atoms with Gasteiger partial charge in [-0.1, -0.05) is 42.3 Å². The monoisotopic (exact) mass is 403 g/mol. The first-order valence-electron chi connectivity index (χ1n) is 8.82. The molecule has 6 heteroatoms. The number of imidazole rings is 1. The van der Waals surface area contributed by atoms with E-state index in [9.17, 15) is 0 Å². The fraction of sp³-hybridized carbons (Fsp3) is 0.286. The van der Waals surface area contributed by atoms with Crippen molar-refractivity contribution < 1.29 is 4.74 Å². The largest absolute Gasteiger partial charge is 0.495 e. The molecular formula is C21H23Cl2N3O. The van der Waals surface area contributed by atoms with Crippen molar-refractivity contribution in [3.63, 3.8) is 0 Å². The van der Waals surface area contributed by atoms with Gasteiger partial charge in [-0.15, -0.1) is 0 Å². The van der Waals surface area contributed by atoms with Crippen LogP contribution in [0.15, 0.2) is 30.3 Å². The van der Waals surface area contributed by atoms with Crippen LogP contribution in [0.3, 0.4) is 0 Å². The summed E-state index contributed by atoms with van der Waals surface area (Å²) in [6.07, 6.45) is 3.07. The zero-order valence-electron chi connectivity index (χ0n) is 16.2. The molecule has 0 aliphatic heterocycles. The number of aromatic nitrogens is 2. The molecule has 0 saturated carbocycles. The number of nitrogens with one attached hydrogen (secondary N) is 1. The topological polar surface area (TPSA) is 39.1 Å². The Morgan fingerprint density at radius 2 is 2.04 bits per heavy atom. The van der Waals surface area contributed by atoms with E-state index >= 15 is 0 Å². The SMILES string of the molecule is C/C=C(/CC)c1ccc(Cl)c2nc(Nc3c(C)cc(Cl)cc3OC)n(C)c12. The summed E-state index contributed by atoms with van der Waals surface area (Å²) < 4.78 is 7.53. The quantitative estimate of drug-likeness (QED) is 0.511. The fourth-order valence-electron chi connectivity index (χ4n) is 3.35. The Kier molecular flexibility index (Phi) is 5.68. The Balaban J connectivity index is 2.20. The number of rotatable bonds is 5. The molecule has 142 valence electrons. The first-order chi connectivity index (χ1) is 12.9. The highest BCUT2D eigenvalue weighted by Crippen LogP contribution is 2.37. The van der Waals surface area contributed by atoms with E-state index in [2.05, 4.69) is 31.3 Å². The molecule has 0 radical (unpaired) electrons. The third kappa shape index (κ3) is 3.52. The minimum absolute atomic E-state index is 0.628. The summed E-state index contributed by atoms with van der Waals surface area (Å²) in [6, 6.07) is 7.64. The molecule has 27 heavy (non-hydrogen) atoms. The number of halogens is 2. The Bertz CT molecular complexity index is 1040. The lowest BCUT2D eigenvalue weighted by Crippen LogP contribution is -2.03. The summed E-state index contributed by atoms with van der Waals surface area (Å²) in [7, 11) is 3.61. The first-order valence-corrected chi connectivity index (χ1v) is 9.58. The molecule has 1 heterocycles. The van der Waals surface area contributed by atoms with Crippen molar-refractivity contribution in [2.45, 2.75) is 27.2 Å². The van der Waals surface area contributed by atoms with Crippen molar-refractivity contribution in [2.24, 2.45) is 7.05 Å². The maximum Gasteiger partial charge on any atom is 0.208 e. The lowest BCUT2D eigenvalue weighted by atomic mass is 10.0. The van der Waals surface area contributed by atoms with Crippen molar-refractivity contribution >= 4 is 51.4 Å². The number of benzene rings is 2. The van der Waals surface area contributed by atoms with E-state index in [-0.39, 0.29) is 0 Å². The van der Waals surface area contributed by atoms with Gasteiger partial charge in [-0.2, -0.15) is 0 Å². The van der Waals surface area contributed by atoms with Crippen LogP contribution in [0.25, 0.3) is 16.6 Å². The van der Waals surface area contributed by atoms with Gasteiger partial charge >= 0.3 is 0 Å². The Labute approximate surface area is 169 Å². The predicted octanol–water partition coefficient (Wildman–Crippen LogP) is 6.75. The van der Waals surface area contributed by atoms with Crippen molar-refractivity contribution in [3.05, 3.63) is 51.5 Å². The summed E-state index contributed by atoms with van der Waals surface area (Å²) in [5.41, 5.74) is 5.98. The van der Waals surface area contributed by atoms with Crippen LogP contribution in [-0.2, 0) is 7.05 Å². The molecule has 0 bridgehead atoms. The summed E-state index contributed by atoms with van der Waals surface area (Å²) >= 11 is 12.6. The van der Waals surface area contributed by atoms with Crippen LogP contribution in [0.4, 0.5) is 11.6 Å². The normalized spacial score (nSPS) is 11.9. The van der Waals surface area contributed by atoms with Gasteiger partial charge < -0.3 is 14.6 Å². The molecule has 2 aromatic carbocycles. The van der Waals surface area contributed by atoms with Crippen LogP contribution >= 0.6 is 23.2 Å². The van der Waals surface area contributed by atoms with Crippen LogP contribution in [0, 0.1) is 6.92 Å². The van der Waals surface area contributed by atoms with Crippen LogP contribution in [0.1, 0.15) is 31.4 Å². The first kappa shape index (κ1) is 19.6. The highest BCUT2D eigenvalue weighted by molar-refractivity contribution is 6.35. The van der Waals surface area contributed by atoms with E-state index in [1.54, 1.807) is 13.2 Å². The van der Waals surface area contributed by atoms with Crippen LogP contribution < -0.4 is 10.1 Å². The summed E-state index contributed by atoms with van der Waals surface area (Å²) in [4.78, 5) is 4.76. The number of hydrogen-bond donors (Lipinski definition) is 1. The van der Waals surface area contributed by atoms with E-state index in [0.29, 0.717) is 21.7 Å². The van der Waals surface area contributed by atoms with Crippen molar-refractivity contribution in [1.82, 2.24) is 9.55 Å². The van der Waals surface area contributed by atoms with E-state index in [1.165, 1.54) is 5.57 Å². The second-order valence-electron chi connectivity index (χ2n) is 6.38. The third-order valence-corrected chi connectivity index (χ3v) is 5.29. The average Bonchev–Trinajstić information content (AvgIpc) is 2.97. The zero-order valence-corrected chi connectivity index (χ0v) is 17.7. The number of hydrogen-bond acceptors (Lipinski definition) is 3. The van der Waals surface area contributed by atoms with Gasteiger partial charge in [0.25, 0.3) is 0 Å². The molecule has 0 saturated heterocycles. The van der Waals surface area contributed by atoms with Gasteiger partial charge in [0.2, 0.25) is 5.95 Å². The standard InChI is InChI=1S/C21H23Cl2N3O/c1-6-13(7-2)15-8-9-16(23)19-20(15)26(4)21(25-19)24-18-12(3)10-14(22)11-17(18)27-5/h6,8-11H,7H2,1-5H3,(H,24,25)/b13-6-. The van der Waals surface area contributed by atoms with Gasteiger partial charge in [0.05, 0.1) is 23.3 Å². The second-order valence-corrected chi connectivity index (χ2v) is 7.22. The van der Waals surface area contributed by atoms with Crippen LogP contribution in [-0.4, -0.2) is 16.7 Å². The number of fused-ring (bicyclic) bond motifs is 1. The van der Waals surface area contributed by atoms with E-state index in [0.717, 1.165) is 34.3 Å². The number of allylic oxidation sites excluding steroid dienone is 2. The van der Waals surface area contributed by atoms with Crippen molar-refractivity contribution in [3.8, 4) is 5.75 Å². The molecule has 0 atom stereocenters. The summed E-state index contributed by atoms with van der Waals surface area (Å²) in [5.74, 6) is 1.36. The number of aryl methyl sites for hydroxylation is 2. The lowest BCUT2D eigenvalue weighted by molar-refractivity contribution is 0.416. The van der Waals surface area contributed by atoms with Gasteiger partial charge in [0.1, 0.15) is 11.3 Å². The van der Waals surface area contributed by atoms with Crippen LogP contribution in [0.2, 0.25) is 10.0 Å². The van der Waals surface area contributed by atoms with Gasteiger partial charge in [-0.3, -0.25) is 0 Å². The average molecular weight is 404 g/mol. The zero-order chi connectivity index (χ0) is 19.7. The molecule has 0 aliphatic rings. The molecule has 0 fully saturated rings. The van der Waals surface area contributed by atoms with Crippen molar-refractivity contribution in [1.29, 1.82) is 0 Å². The van der Waals surface area contributed by atoms with Crippen molar-refractivity contribution in [2.75, 3.05) is 12.4 Å². The van der Waals surface area contributed by atoms with Crippen LogP contribution in [0.5, 0.6) is 5.75 Å². The maximum atomic E-state index is 6.45. The molecule has 0 amide bonds. The lowest BCUT2D eigenvalue weighted by Gasteiger charge is -2.14. The molecule has 0 spiro atoms. The summed E-state index contributed by atoms with van der Waals surface area (Å²) in [5, 5.41) is 4.66. The second kappa shape index (κ2) is 7.83. The predicted molar refractivity (Wildman–Crippen MR) is 116 cm³/mol. The van der Waals surface area contributed by atoms with E-state index < -0.39 is 0 Å². The minimum atomic E-state index is 0.628. The fourth-order valence-corrected chi connectivity index (χ4v) is 3.81. The molecule has 0 unspecified atom stereocenters. The minimum Gasteiger partial charge on any atom is -0.495 e. The maximum absolute atomic E-state index is 6.45. The number of ether oxygens (including phenoxy) is 1. The Morgan fingerprint density at radius 3 is 2.67 bits per heavy atom. The molecule has 0 aliphatic carbocycles. The Hall–Kier alpha value is -2.17. The number of anilines is 2. The van der Waals surface area contributed by atoms with E-state index in [1.807, 2.05) is 30.7 Å². The molecule has 3 aromatic rings. The third-order valence-electron chi connectivity index (χ3n) is 4.77. The Morgan fingerprint density at radius 1 is 1.30 bits per heavy atom.